The van der Waals surface area contributed by atoms with Gasteiger partial charge in [0.05, 0.1) is 0 Å². The molecule has 1 aromatic rings. The lowest BCUT2D eigenvalue weighted by atomic mass is 9.89. The average molecular weight is 272 g/mol. The second kappa shape index (κ2) is 5.50. The fourth-order valence-electron chi connectivity index (χ4n) is 4.04. The molecule has 2 heteroatoms. The molecule has 2 nitrogen and oxygen atoms in total. The monoisotopic (exact) mass is 272 g/mol. The molecule has 2 atom stereocenters. The molecule has 2 aliphatic rings. The summed E-state index contributed by atoms with van der Waals surface area (Å²) in [6.45, 7) is 13.1. The maximum absolute atomic E-state index is 3.52. The summed E-state index contributed by atoms with van der Waals surface area (Å²) in [6, 6.07) is 7.06. The minimum absolute atomic E-state index is 0.497. The smallest absolute Gasteiger partial charge is 0.00510 e. The number of benzene rings is 1. The zero-order chi connectivity index (χ0) is 14.2. The molecule has 2 saturated heterocycles. The molecule has 1 aromatic carbocycles. The number of nitrogens with zero attached hydrogens (tertiary/aromatic N) is 1. The summed E-state index contributed by atoms with van der Waals surface area (Å²) < 4.78 is 0. The summed E-state index contributed by atoms with van der Waals surface area (Å²) >= 11 is 0. The van der Waals surface area contributed by atoms with Crippen molar-refractivity contribution >= 4 is 0 Å². The molecule has 2 unspecified atom stereocenters. The Morgan fingerprint density at radius 1 is 1.25 bits per heavy atom. The van der Waals surface area contributed by atoms with Gasteiger partial charge < -0.3 is 10.2 Å². The molecule has 0 radical (unpaired) electrons. The summed E-state index contributed by atoms with van der Waals surface area (Å²) in [5, 5.41) is 3.52. The van der Waals surface area contributed by atoms with E-state index < -0.39 is 0 Å². The Labute approximate surface area is 123 Å². The molecular formula is C18H28N2. The third-order valence-corrected chi connectivity index (χ3v) is 5.05. The van der Waals surface area contributed by atoms with E-state index in [0.717, 1.165) is 5.92 Å². The van der Waals surface area contributed by atoms with E-state index in [0.29, 0.717) is 5.41 Å². The third kappa shape index (κ3) is 3.07. The third-order valence-electron chi connectivity index (χ3n) is 5.05. The van der Waals surface area contributed by atoms with Crippen molar-refractivity contribution in [3.8, 4) is 0 Å². The van der Waals surface area contributed by atoms with Crippen molar-refractivity contribution in [2.24, 2.45) is 5.41 Å². The van der Waals surface area contributed by atoms with Crippen LogP contribution in [-0.2, 0) is 0 Å². The standard InChI is InChI=1S/C18H28N2/c1-14-8-15(2)10-17(9-14)16-4-7-20(11-16)13-18(3)5-6-19-12-18/h8-10,16,19H,4-7,11-13H2,1-3H3. The highest BCUT2D eigenvalue weighted by atomic mass is 15.2. The van der Waals surface area contributed by atoms with Gasteiger partial charge in [0.1, 0.15) is 0 Å². The molecule has 2 fully saturated rings. The maximum Gasteiger partial charge on any atom is 0.00510 e. The molecule has 2 heterocycles. The highest BCUT2D eigenvalue weighted by molar-refractivity contribution is 5.31. The van der Waals surface area contributed by atoms with Gasteiger partial charge in [-0.05, 0) is 56.7 Å². The lowest BCUT2D eigenvalue weighted by Crippen LogP contribution is -2.36. The SMILES string of the molecule is Cc1cc(C)cc(C2CCN(CC3(C)CCNC3)C2)c1. The summed E-state index contributed by atoms with van der Waals surface area (Å²) in [5.41, 5.74) is 4.87. The van der Waals surface area contributed by atoms with Crippen LogP contribution in [0, 0.1) is 19.3 Å². The topological polar surface area (TPSA) is 15.3 Å². The molecule has 0 spiro atoms. The van der Waals surface area contributed by atoms with Gasteiger partial charge in [0.2, 0.25) is 0 Å². The van der Waals surface area contributed by atoms with Gasteiger partial charge in [0, 0.05) is 19.6 Å². The molecule has 0 bridgehead atoms. The largest absolute Gasteiger partial charge is 0.316 e. The van der Waals surface area contributed by atoms with Crippen LogP contribution in [0.1, 0.15) is 42.4 Å². The van der Waals surface area contributed by atoms with E-state index in [1.807, 2.05) is 0 Å². The van der Waals surface area contributed by atoms with Crippen molar-refractivity contribution in [2.75, 3.05) is 32.7 Å². The Kier molecular flexibility index (Phi) is 3.87. The lowest BCUT2D eigenvalue weighted by molar-refractivity contribution is 0.207. The molecule has 0 amide bonds. The van der Waals surface area contributed by atoms with Crippen LogP contribution < -0.4 is 5.32 Å². The molecule has 0 aromatic heterocycles. The lowest BCUT2D eigenvalue weighted by Gasteiger charge is -2.29. The fourth-order valence-corrected chi connectivity index (χ4v) is 4.04. The van der Waals surface area contributed by atoms with Crippen LogP contribution in [0.2, 0.25) is 0 Å². The van der Waals surface area contributed by atoms with Crippen molar-refractivity contribution in [3.63, 3.8) is 0 Å². The van der Waals surface area contributed by atoms with Crippen LogP contribution in [0.4, 0.5) is 0 Å². The Bertz CT molecular complexity index is 454. The molecule has 3 rings (SSSR count). The van der Waals surface area contributed by atoms with Gasteiger partial charge in [-0.2, -0.15) is 0 Å². The van der Waals surface area contributed by atoms with Gasteiger partial charge >= 0.3 is 0 Å². The van der Waals surface area contributed by atoms with Gasteiger partial charge in [0.15, 0.2) is 0 Å². The summed E-state index contributed by atoms with van der Waals surface area (Å²) in [6.07, 6.45) is 2.66. The Morgan fingerprint density at radius 2 is 2.00 bits per heavy atom. The first-order valence-electron chi connectivity index (χ1n) is 8.05. The van der Waals surface area contributed by atoms with E-state index in [-0.39, 0.29) is 0 Å². The van der Waals surface area contributed by atoms with Gasteiger partial charge in [-0.3, -0.25) is 0 Å². The van der Waals surface area contributed by atoms with Crippen LogP contribution in [0.5, 0.6) is 0 Å². The molecular weight excluding hydrogens is 244 g/mol. The zero-order valence-electron chi connectivity index (χ0n) is 13.2. The minimum atomic E-state index is 0.497. The van der Waals surface area contributed by atoms with Crippen LogP contribution >= 0.6 is 0 Å². The molecule has 0 aliphatic carbocycles. The fraction of sp³-hybridized carbons (Fsp3) is 0.667. The summed E-state index contributed by atoms with van der Waals surface area (Å²) in [7, 11) is 0. The zero-order valence-corrected chi connectivity index (χ0v) is 13.2. The van der Waals surface area contributed by atoms with E-state index >= 15 is 0 Å². The second-order valence-electron chi connectivity index (χ2n) is 7.38. The molecule has 0 saturated carbocycles. The average Bonchev–Trinajstić information content (AvgIpc) is 2.98. The molecule has 110 valence electrons. The summed E-state index contributed by atoms with van der Waals surface area (Å²) in [5.74, 6) is 0.742. The van der Waals surface area contributed by atoms with Gasteiger partial charge in [-0.15, -0.1) is 0 Å². The van der Waals surface area contributed by atoms with E-state index in [4.69, 9.17) is 0 Å². The Hall–Kier alpha value is -0.860. The molecule has 20 heavy (non-hydrogen) atoms. The van der Waals surface area contributed by atoms with Crippen molar-refractivity contribution < 1.29 is 0 Å². The Morgan fingerprint density at radius 3 is 2.65 bits per heavy atom. The van der Waals surface area contributed by atoms with Crippen molar-refractivity contribution in [3.05, 3.63) is 34.9 Å². The number of likely N-dealkylation sites (tertiary alicyclic amines) is 1. The normalized spacial score (nSPS) is 31.1. The molecule has 2 aliphatic heterocycles. The predicted molar refractivity (Wildman–Crippen MR) is 85.3 cm³/mol. The molecule has 1 N–H and O–H groups in total. The van der Waals surface area contributed by atoms with Crippen molar-refractivity contribution in [2.45, 2.75) is 39.5 Å². The maximum atomic E-state index is 3.52. The number of rotatable bonds is 3. The Balaban J connectivity index is 1.64. The number of aryl methyl sites for hydroxylation is 2. The highest BCUT2D eigenvalue weighted by Crippen LogP contribution is 2.32. The summed E-state index contributed by atoms with van der Waals surface area (Å²) in [4.78, 5) is 2.69. The highest BCUT2D eigenvalue weighted by Gasteiger charge is 2.33. The van der Waals surface area contributed by atoms with E-state index in [1.54, 1.807) is 5.56 Å². The quantitative estimate of drug-likeness (QED) is 0.909. The van der Waals surface area contributed by atoms with Crippen LogP contribution in [0.25, 0.3) is 0 Å². The van der Waals surface area contributed by atoms with Crippen molar-refractivity contribution in [1.29, 1.82) is 0 Å². The first-order valence-corrected chi connectivity index (χ1v) is 8.05. The number of hydrogen-bond donors (Lipinski definition) is 1. The minimum Gasteiger partial charge on any atom is -0.316 e. The van der Waals surface area contributed by atoms with Gasteiger partial charge in [0.25, 0.3) is 0 Å². The first kappa shape index (κ1) is 14.1. The van der Waals surface area contributed by atoms with Crippen molar-refractivity contribution in [1.82, 2.24) is 10.2 Å². The predicted octanol–water partition coefficient (Wildman–Crippen LogP) is 3.09. The van der Waals surface area contributed by atoms with E-state index in [9.17, 15) is 0 Å². The first-order chi connectivity index (χ1) is 9.54. The van der Waals surface area contributed by atoms with E-state index in [2.05, 4.69) is 49.2 Å². The van der Waals surface area contributed by atoms with E-state index in [1.165, 1.54) is 56.7 Å². The van der Waals surface area contributed by atoms with Gasteiger partial charge in [-0.1, -0.05) is 36.2 Å². The second-order valence-corrected chi connectivity index (χ2v) is 7.38. The number of hydrogen-bond acceptors (Lipinski definition) is 2. The van der Waals surface area contributed by atoms with Crippen LogP contribution in [0.15, 0.2) is 18.2 Å². The van der Waals surface area contributed by atoms with Gasteiger partial charge in [-0.25, -0.2) is 0 Å². The number of nitrogens with one attached hydrogen (secondary N) is 1. The van der Waals surface area contributed by atoms with Crippen LogP contribution in [-0.4, -0.2) is 37.6 Å². The van der Waals surface area contributed by atoms with Crippen LogP contribution in [0.3, 0.4) is 0 Å².